The van der Waals surface area contributed by atoms with Gasteiger partial charge in [0.2, 0.25) is 0 Å². The minimum Gasteiger partial charge on any atom is -0.399 e. The van der Waals surface area contributed by atoms with E-state index in [2.05, 4.69) is 27.6 Å². The molecular weight excluding hydrogens is 224 g/mol. The van der Waals surface area contributed by atoms with Gasteiger partial charge in [0.25, 0.3) is 0 Å². The molecule has 4 nitrogen and oxygen atoms in total. The number of hydrogen-bond donors (Lipinski definition) is 2. The Balaban J connectivity index is 1.85. The van der Waals surface area contributed by atoms with Crippen molar-refractivity contribution in [1.29, 1.82) is 0 Å². The molecule has 1 aromatic carbocycles. The summed E-state index contributed by atoms with van der Waals surface area (Å²) in [4.78, 5) is 0. The van der Waals surface area contributed by atoms with E-state index in [1.54, 1.807) is 6.20 Å². The Labute approximate surface area is 106 Å². The van der Waals surface area contributed by atoms with Crippen molar-refractivity contribution in [3.05, 3.63) is 47.2 Å². The summed E-state index contributed by atoms with van der Waals surface area (Å²) < 4.78 is 0. The first-order valence-corrected chi connectivity index (χ1v) is 6.16. The molecule has 0 radical (unpaired) electrons. The number of aromatic nitrogens is 2. The molecule has 3 rings (SSSR count). The molecule has 1 aliphatic rings. The molecule has 18 heavy (non-hydrogen) atoms. The van der Waals surface area contributed by atoms with Gasteiger partial charge in [-0.15, -0.1) is 5.10 Å². The van der Waals surface area contributed by atoms with E-state index in [9.17, 15) is 0 Å². The van der Waals surface area contributed by atoms with Crippen molar-refractivity contribution in [3.8, 4) is 0 Å². The molecule has 1 atom stereocenters. The highest BCUT2D eigenvalue weighted by Gasteiger charge is 2.22. The second-order valence-corrected chi connectivity index (χ2v) is 4.81. The highest BCUT2D eigenvalue weighted by molar-refractivity contribution is 5.50. The van der Waals surface area contributed by atoms with Crippen LogP contribution in [0.2, 0.25) is 0 Å². The topological polar surface area (TPSA) is 63.8 Å². The van der Waals surface area contributed by atoms with Gasteiger partial charge >= 0.3 is 0 Å². The van der Waals surface area contributed by atoms with Crippen LogP contribution in [0.25, 0.3) is 0 Å². The fourth-order valence-electron chi connectivity index (χ4n) is 2.50. The minimum atomic E-state index is 0.316. The Bertz CT molecular complexity index is 580. The van der Waals surface area contributed by atoms with Crippen LogP contribution in [0.4, 0.5) is 11.5 Å². The van der Waals surface area contributed by atoms with Crippen LogP contribution in [0.1, 0.15) is 29.2 Å². The van der Waals surface area contributed by atoms with Crippen molar-refractivity contribution in [2.24, 2.45) is 0 Å². The molecule has 0 saturated heterocycles. The summed E-state index contributed by atoms with van der Waals surface area (Å²) in [5.74, 6) is 0.838. The Morgan fingerprint density at radius 2 is 2.22 bits per heavy atom. The second-order valence-electron chi connectivity index (χ2n) is 4.81. The maximum atomic E-state index is 5.81. The van der Waals surface area contributed by atoms with Crippen LogP contribution in [0.3, 0.4) is 0 Å². The maximum absolute atomic E-state index is 5.81. The molecule has 1 aromatic heterocycles. The standard InChI is InChI=1S/C14H16N4/c1-9-6-14(18-16-8-9)17-13-5-2-10-7-11(15)3-4-12(10)13/h3-4,6-8,13H,2,5,15H2,1H3,(H,17,18). The van der Waals surface area contributed by atoms with Gasteiger partial charge < -0.3 is 11.1 Å². The lowest BCUT2D eigenvalue weighted by atomic mass is 10.1. The van der Waals surface area contributed by atoms with Crippen molar-refractivity contribution >= 4 is 11.5 Å². The highest BCUT2D eigenvalue weighted by Crippen LogP contribution is 2.34. The zero-order valence-corrected chi connectivity index (χ0v) is 10.4. The molecule has 0 saturated carbocycles. The average Bonchev–Trinajstić information content (AvgIpc) is 2.72. The van der Waals surface area contributed by atoms with Gasteiger partial charge in [0.1, 0.15) is 5.82 Å². The fourth-order valence-corrected chi connectivity index (χ4v) is 2.50. The van der Waals surface area contributed by atoms with Crippen LogP contribution in [0.15, 0.2) is 30.5 Å². The number of anilines is 2. The third-order valence-corrected chi connectivity index (χ3v) is 3.36. The Morgan fingerprint density at radius 3 is 3.06 bits per heavy atom. The number of fused-ring (bicyclic) bond motifs is 1. The predicted octanol–water partition coefficient (Wildman–Crippen LogP) is 2.47. The van der Waals surface area contributed by atoms with Gasteiger partial charge in [-0.3, -0.25) is 0 Å². The van der Waals surface area contributed by atoms with E-state index in [1.165, 1.54) is 11.1 Å². The van der Waals surface area contributed by atoms with Gasteiger partial charge in [0, 0.05) is 5.69 Å². The Hall–Kier alpha value is -2.10. The third-order valence-electron chi connectivity index (χ3n) is 3.36. The highest BCUT2D eigenvalue weighted by atomic mass is 15.2. The normalized spacial score (nSPS) is 17.5. The summed E-state index contributed by atoms with van der Waals surface area (Å²) in [7, 11) is 0. The third kappa shape index (κ3) is 2.01. The summed E-state index contributed by atoms with van der Waals surface area (Å²) in [5, 5.41) is 11.5. The molecule has 4 heteroatoms. The first kappa shape index (κ1) is 11.0. The summed E-state index contributed by atoms with van der Waals surface area (Å²) in [5.41, 5.74) is 10.4. The largest absolute Gasteiger partial charge is 0.399 e. The molecular formula is C14H16N4. The predicted molar refractivity (Wildman–Crippen MR) is 72.3 cm³/mol. The zero-order valence-electron chi connectivity index (χ0n) is 10.4. The monoisotopic (exact) mass is 240 g/mol. The second kappa shape index (κ2) is 4.29. The Morgan fingerprint density at radius 1 is 1.33 bits per heavy atom. The van der Waals surface area contributed by atoms with Crippen molar-refractivity contribution in [2.45, 2.75) is 25.8 Å². The lowest BCUT2D eigenvalue weighted by Crippen LogP contribution is -2.09. The number of nitrogen functional groups attached to an aromatic ring is 1. The number of aryl methyl sites for hydroxylation is 2. The molecule has 92 valence electrons. The van der Waals surface area contributed by atoms with E-state index >= 15 is 0 Å². The van der Waals surface area contributed by atoms with Gasteiger partial charge in [-0.05, 0) is 54.7 Å². The van der Waals surface area contributed by atoms with Crippen molar-refractivity contribution < 1.29 is 0 Å². The fraction of sp³-hybridized carbons (Fsp3) is 0.286. The number of nitrogens with zero attached hydrogens (tertiary/aromatic N) is 2. The van der Waals surface area contributed by atoms with E-state index in [-0.39, 0.29) is 0 Å². The summed E-state index contributed by atoms with van der Waals surface area (Å²) in [6.45, 7) is 2.02. The molecule has 0 spiro atoms. The first-order valence-electron chi connectivity index (χ1n) is 6.16. The van der Waals surface area contributed by atoms with Gasteiger partial charge in [-0.25, -0.2) is 0 Å². The van der Waals surface area contributed by atoms with E-state index in [0.717, 1.165) is 29.9 Å². The van der Waals surface area contributed by atoms with E-state index < -0.39 is 0 Å². The van der Waals surface area contributed by atoms with E-state index in [1.807, 2.05) is 19.1 Å². The first-order chi connectivity index (χ1) is 8.72. The van der Waals surface area contributed by atoms with E-state index in [4.69, 9.17) is 5.73 Å². The van der Waals surface area contributed by atoms with Gasteiger partial charge in [-0.1, -0.05) is 6.07 Å². The molecule has 2 aromatic rings. The molecule has 0 aliphatic heterocycles. The summed E-state index contributed by atoms with van der Waals surface area (Å²) in [6.07, 6.45) is 3.90. The van der Waals surface area contributed by atoms with Crippen LogP contribution in [-0.4, -0.2) is 10.2 Å². The van der Waals surface area contributed by atoms with Crippen LogP contribution < -0.4 is 11.1 Å². The summed E-state index contributed by atoms with van der Waals surface area (Å²) in [6, 6.07) is 8.47. The summed E-state index contributed by atoms with van der Waals surface area (Å²) >= 11 is 0. The van der Waals surface area contributed by atoms with Crippen LogP contribution in [-0.2, 0) is 6.42 Å². The average molecular weight is 240 g/mol. The van der Waals surface area contributed by atoms with Gasteiger partial charge in [-0.2, -0.15) is 5.10 Å². The molecule has 1 unspecified atom stereocenters. The number of hydrogen-bond acceptors (Lipinski definition) is 4. The number of nitrogens with one attached hydrogen (secondary N) is 1. The minimum absolute atomic E-state index is 0.316. The molecule has 0 amide bonds. The quantitative estimate of drug-likeness (QED) is 0.791. The van der Waals surface area contributed by atoms with E-state index in [0.29, 0.717) is 6.04 Å². The van der Waals surface area contributed by atoms with Crippen molar-refractivity contribution in [2.75, 3.05) is 11.1 Å². The van der Waals surface area contributed by atoms with Crippen molar-refractivity contribution in [3.63, 3.8) is 0 Å². The SMILES string of the molecule is Cc1cnnc(NC2CCc3cc(N)ccc32)c1. The molecule has 0 fully saturated rings. The van der Waals surface area contributed by atoms with Crippen LogP contribution in [0.5, 0.6) is 0 Å². The van der Waals surface area contributed by atoms with Crippen LogP contribution in [0, 0.1) is 6.92 Å². The smallest absolute Gasteiger partial charge is 0.149 e. The molecule has 3 N–H and O–H groups in total. The lowest BCUT2D eigenvalue weighted by Gasteiger charge is -2.14. The molecule has 1 aliphatic carbocycles. The number of nitrogens with two attached hydrogens (primary N) is 1. The van der Waals surface area contributed by atoms with Crippen molar-refractivity contribution in [1.82, 2.24) is 10.2 Å². The lowest BCUT2D eigenvalue weighted by molar-refractivity contribution is 0.752. The maximum Gasteiger partial charge on any atom is 0.149 e. The molecule has 1 heterocycles. The zero-order chi connectivity index (χ0) is 12.5. The van der Waals surface area contributed by atoms with Crippen LogP contribution >= 0.6 is 0 Å². The number of rotatable bonds is 2. The number of benzene rings is 1. The molecule has 0 bridgehead atoms. The Kier molecular flexibility index (Phi) is 2.63. The van der Waals surface area contributed by atoms with Gasteiger partial charge in [0.05, 0.1) is 12.2 Å². The van der Waals surface area contributed by atoms with Gasteiger partial charge in [0.15, 0.2) is 0 Å².